The maximum Gasteiger partial charge on any atom is 0.416 e. The molecule has 0 saturated carbocycles. The first-order valence-electron chi connectivity index (χ1n) is 10.0. The number of anilines is 1. The highest BCUT2D eigenvalue weighted by Crippen LogP contribution is 2.53. The Balaban J connectivity index is 1.43. The normalized spacial score (nSPS) is 20.6. The third-order valence-corrected chi connectivity index (χ3v) is 6.94. The van der Waals surface area contributed by atoms with Gasteiger partial charge in [-0.05, 0) is 18.2 Å². The second kappa shape index (κ2) is 6.58. The van der Waals surface area contributed by atoms with Crippen molar-refractivity contribution in [1.82, 2.24) is 9.97 Å². The van der Waals surface area contributed by atoms with E-state index < -0.39 is 11.7 Å². The molecular formula is C22H19N3O5S. The van der Waals surface area contributed by atoms with Crippen molar-refractivity contribution in [2.45, 2.75) is 31.9 Å². The number of pyridine rings is 1. The second-order valence-corrected chi connectivity index (χ2v) is 9.11. The van der Waals surface area contributed by atoms with E-state index in [-0.39, 0.29) is 13.4 Å². The van der Waals surface area contributed by atoms with Crippen LogP contribution in [0.3, 0.4) is 0 Å². The van der Waals surface area contributed by atoms with E-state index in [1.165, 1.54) is 0 Å². The van der Waals surface area contributed by atoms with Crippen molar-refractivity contribution in [2.75, 3.05) is 18.3 Å². The van der Waals surface area contributed by atoms with E-state index in [0.29, 0.717) is 46.7 Å². The van der Waals surface area contributed by atoms with Crippen molar-refractivity contribution in [3.8, 4) is 17.2 Å². The van der Waals surface area contributed by atoms with Crippen LogP contribution in [0, 0.1) is 0 Å². The fourth-order valence-corrected chi connectivity index (χ4v) is 5.05. The lowest BCUT2D eigenvalue weighted by molar-refractivity contribution is 0.0186. The molecule has 8 nitrogen and oxygen atoms in total. The van der Waals surface area contributed by atoms with Gasteiger partial charge in [0.15, 0.2) is 11.5 Å². The predicted molar refractivity (Wildman–Crippen MR) is 112 cm³/mol. The summed E-state index contributed by atoms with van der Waals surface area (Å²) in [6.45, 7) is 4.87. The molecule has 6 rings (SSSR count). The van der Waals surface area contributed by atoms with Gasteiger partial charge in [-0.2, -0.15) is 0 Å². The maximum absolute atomic E-state index is 13.3. The first-order chi connectivity index (χ1) is 15.0. The lowest BCUT2D eigenvalue weighted by Gasteiger charge is -2.38. The first-order valence-corrected chi connectivity index (χ1v) is 10.8. The summed E-state index contributed by atoms with van der Waals surface area (Å²) in [6.07, 6.45) is 3.07. The Morgan fingerprint density at radius 1 is 1.16 bits per heavy atom. The minimum atomic E-state index is -1.13. The van der Waals surface area contributed by atoms with Gasteiger partial charge in [0.05, 0.1) is 22.8 Å². The average molecular weight is 437 g/mol. The van der Waals surface area contributed by atoms with Crippen LogP contribution in [0.5, 0.6) is 17.2 Å². The summed E-state index contributed by atoms with van der Waals surface area (Å²) >= 11 is 1.60. The van der Waals surface area contributed by atoms with Crippen LogP contribution in [0.4, 0.5) is 10.5 Å². The van der Waals surface area contributed by atoms with Crippen LogP contribution in [-0.2, 0) is 16.9 Å². The standard InChI is InChI=1S/C22H19N3O5S/c1-12(2)20-24-8-13(31-20)9-25-15-4-3-5-23-19(15)22(30-21(25)26)10-27-16-7-18-17(6-14(16)22)28-11-29-18/h3-8,12H,9-11H2,1-2H3. The molecule has 5 heterocycles. The molecule has 0 aliphatic carbocycles. The summed E-state index contributed by atoms with van der Waals surface area (Å²) in [5.41, 5.74) is 0.926. The lowest BCUT2D eigenvalue weighted by Crippen LogP contribution is -2.47. The molecule has 1 aromatic carbocycles. The van der Waals surface area contributed by atoms with Gasteiger partial charge in [-0.1, -0.05) is 13.8 Å². The molecular weight excluding hydrogens is 418 g/mol. The number of nitrogens with zero attached hydrogens (tertiary/aromatic N) is 3. The number of ether oxygens (including phenoxy) is 4. The van der Waals surface area contributed by atoms with Gasteiger partial charge in [-0.3, -0.25) is 9.88 Å². The summed E-state index contributed by atoms with van der Waals surface area (Å²) in [5.74, 6) is 2.16. The third kappa shape index (κ3) is 2.69. The number of thiazole rings is 1. The molecule has 0 radical (unpaired) electrons. The molecule has 158 valence electrons. The highest BCUT2D eigenvalue weighted by Gasteiger charge is 2.54. The Morgan fingerprint density at radius 3 is 2.81 bits per heavy atom. The van der Waals surface area contributed by atoms with E-state index in [0.717, 1.165) is 9.88 Å². The van der Waals surface area contributed by atoms with E-state index >= 15 is 0 Å². The number of carbonyl (C=O) groups excluding carboxylic acids is 1. The van der Waals surface area contributed by atoms with Gasteiger partial charge in [0.25, 0.3) is 0 Å². The molecule has 9 heteroatoms. The smallest absolute Gasteiger partial charge is 0.416 e. The number of amides is 1. The Hall–Kier alpha value is -3.33. The maximum atomic E-state index is 13.3. The van der Waals surface area contributed by atoms with Crippen molar-refractivity contribution in [2.24, 2.45) is 0 Å². The molecule has 1 amide bonds. The number of benzene rings is 1. The Bertz CT molecular complexity index is 1210. The van der Waals surface area contributed by atoms with E-state index in [2.05, 4.69) is 23.8 Å². The minimum absolute atomic E-state index is 0.146. The van der Waals surface area contributed by atoms with Crippen LogP contribution >= 0.6 is 11.3 Å². The Kier molecular flexibility index (Phi) is 3.92. The van der Waals surface area contributed by atoms with E-state index in [1.54, 1.807) is 28.5 Å². The van der Waals surface area contributed by atoms with Crippen LogP contribution in [0.1, 0.15) is 40.9 Å². The molecule has 1 spiro atoms. The van der Waals surface area contributed by atoms with Crippen LogP contribution in [-0.4, -0.2) is 29.5 Å². The van der Waals surface area contributed by atoms with Gasteiger partial charge in [-0.15, -0.1) is 11.3 Å². The zero-order chi connectivity index (χ0) is 21.2. The van der Waals surface area contributed by atoms with Gasteiger partial charge in [-0.25, -0.2) is 9.78 Å². The van der Waals surface area contributed by atoms with E-state index in [9.17, 15) is 4.79 Å². The van der Waals surface area contributed by atoms with Crippen LogP contribution in [0.25, 0.3) is 0 Å². The molecule has 1 unspecified atom stereocenters. The second-order valence-electron chi connectivity index (χ2n) is 7.96. The first kappa shape index (κ1) is 18.4. The summed E-state index contributed by atoms with van der Waals surface area (Å²) < 4.78 is 23.0. The molecule has 31 heavy (non-hydrogen) atoms. The molecule has 2 aromatic heterocycles. The lowest BCUT2D eigenvalue weighted by atomic mass is 9.89. The molecule has 1 atom stereocenters. The molecule has 3 aliphatic rings. The van der Waals surface area contributed by atoms with Crippen LogP contribution in [0.15, 0.2) is 36.7 Å². The summed E-state index contributed by atoms with van der Waals surface area (Å²) in [4.78, 5) is 24.9. The largest absolute Gasteiger partial charge is 0.488 e. The zero-order valence-electron chi connectivity index (χ0n) is 17.0. The molecule has 3 aliphatic heterocycles. The predicted octanol–water partition coefficient (Wildman–Crippen LogP) is 4.18. The topological polar surface area (TPSA) is 83.0 Å². The quantitative estimate of drug-likeness (QED) is 0.608. The summed E-state index contributed by atoms with van der Waals surface area (Å²) in [5, 5.41) is 1.04. The van der Waals surface area contributed by atoms with Crippen molar-refractivity contribution < 1.29 is 23.7 Å². The van der Waals surface area contributed by atoms with Crippen LogP contribution in [0.2, 0.25) is 0 Å². The monoisotopic (exact) mass is 437 g/mol. The van der Waals surface area contributed by atoms with Crippen LogP contribution < -0.4 is 19.1 Å². The van der Waals surface area contributed by atoms with Gasteiger partial charge < -0.3 is 18.9 Å². The molecule has 0 bridgehead atoms. The molecule has 0 saturated heterocycles. The molecule has 3 aromatic rings. The fourth-order valence-electron chi connectivity index (χ4n) is 4.14. The highest BCUT2D eigenvalue weighted by atomic mass is 32.1. The van der Waals surface area contributed by atoms with Crippen molar-refractivity contribution in [3.63, 3.8) is 0 Å². The van der Waals surface area contributed by atoms with Gasteiger partial charge in [0.2, 0.25) is 12.4 Å². The Labute approximate surface area is 182 Å². The number of fused-ring (bicyclic) bond motifs is 5. The van der Waals surface area contributed by atoms with Crippen molar-refractivity contribution >= 4 is 23.1 Å². The van der Waals surface area contributed by atoms with Gasteiger partial charge in [0.1, 0.15) is 18.1 Å². The summed E-state index contributed by atoms with van der Waals surface area (Å²) in [6, 6.07) is 7.31. The number of aromatic nitrogens is 2. The number of hydrogen-bond donors (Lipinski definition) is 0. The summed E-state index contributed by atoms with van der Waals surface area (Å²) in [7, 11) is 0. The zero-order valence-corrected chi connectivity index (χ0v) is 17.8. The Morgan fingerprint density at radius 2 is 2.00 bits per heavy atom. The third-order valence-electron chi connectivity index (χ3n) is 5.66. The van der Waals surface area contributed by atoms with E-state index in [4.69, 9.17) is 18.9 Å². The number of carbonyl (C=O) groups is 1. The minimum Gasteiger partial charge on any atom is -0.488 e. The number of rotatable bonds is 3. The number of hydrogen-bond acceptors (Lipinski definition) is 8. The highest BCUT2D eigenvalue weighted by molar-refractivity contribution is 7.11. The van der Waals surface area contributed by atoms with Crippen molar-refractivity contribution in [3.05, 3.63) is 57.8 Å². The average Bonchev–Trinajstić information content (AvgIpc) is 3.49. The van der Waals surface area contributed by atoms with Crippen molar-refractivity contribution in [1.29, 1.82) is 0 Å². The SMILES string of the molecule is CC(C)c1ncc(CN2C(=O)OC3(COc4cc5c(cc43)OCO5)c3ncccc32)s1. The molecule has 0 fully saturated rings. The fraction of sp³-hybridized carbons (Fsp3) is 0.318. The van der Waals surface area contributed by atoms with Gasteiger partial charge >= 0.3 is 6.09 Å². The molecule has 0 N–H and O–H groups in total. The van der Waals surface area contributed by atoms with E-state index in [1.807, 2.05) is 24.4 Å². The van der Waals surface area contributed by atoms with Gasteiger partial charge in [0, 0.05) is 29.3 Å².